The second-order valence-electron chi connectivity index (χ2n) is 6.82. The highest BCUT2D eigenvalue weighted by molar-refractivity contribution is 4.64. The zero-order chi connectivity index (χ0) is 15.4. The first-order chi connectivity index (χ1) is 10.4. The summed E-state index contributed by atoms with van der Waals surface area (Å²) < 4.78 is 0. The van der Waals surface area contributed by atoms with Crippen molar-refractivity contribution in [1.82, 2.24) is 0 Å². The molecule has 0 aromatic carbocycles. The van der Waals surface area contributed by atoms with Crippen LogP contribution in [0, 0.1) is 6.42 Å². The summed E-state index contributed by atoms with van der Waals surface area (Å²) in [4.78, 5) is 0. The fraction of sp³-hybridized carbons (Fsp3) is 0.952. The summed E-state index contributed by atoms with van der Waals surface area (Å²) in [6.45, 7) is 4.58. The predicted octanol–water partition coefficient (Wildman–Crippen LogP) is 8.25. The second-order valence-corrected chi connectivity index (χ2v) is 6.82. The maximum Gasteiger partial charge on any atom is -0.0386 e. The normalized spacial score (nSPS) is 11.1. The molecule has 0 bridgehead atoms. The molecule has 0 atom stereocenters. The molecular formula is C21H43. The molecule has 0 aromatic rings. The molecule has 0 heterocycles. The molecule has 0 unspecified atom stereocenters. The van der Waals surface area contributed by atoms with Gasteiger partial charge in [-0.3, -0.25) is 0 Å². The maximum absolute atomic E-state index is 2.53. The molecule has 0 nitrogen and oxygen atoms in total. The fourth-order valence-electron chi connectivity index (χ4n) is 2.99. The van der Waals surface area contributed by atoms with Crippen LogP contribution >= 0.6 is 0 Å². The van der Waals surface area contributed by atoms with E-state index in [4.69, 9.17) is 0 Å². The van der Waals surface area contributed by atoms with Crippen LogP contribution < -0.4 is 0 Å². The minimum absolute atomic E-state index is 1.36. The molecule has 0 N–H and O–H groups in total. The van der Waals surface area contributed by atoms with E-state index in [2.05, 4.69) is 20.3 Å². The van der Waals surface area contributed by atoms with Crippen LogP contribution in [0.1, 0.15) is 129 Å². The van der Waals surface area contributed by atoms with Crippen molar-refractivity contribution in [2.24, 2.45) is 0 Å². The summed E-state index contributed by atoms with van der Waals surface area (Å²) in [5, 5.41) is 0. The molecule has 0 saturated heterocycles. The van der Waals surface area contributed by atoms with Crippen molar-refractivity contribution < 1.29 is 0 Å². The summed E-state index contributed by atoms with van der Waals surface area (Å²) in [6, 6.07) is 0. The lowest BCUT2D eigenvalue weighted by Crippen LogP contribution is -1.84. The minimum atomic E-state index is 1.36. The Hall–Kier alpha value is 0. The van der Waals surface area contributed by atoms with Crippen LogP contribution in [0.15, 0.2) is 0 Å². The van der Waals surface area contributed by atoms with Gasteiger partial charge in [-0.2, -0.15) is 0 Å². The smallest absolute Gasteiger partial charge is 0.0386 e. The van der Waals surface area contributed by atoms with E-state index < -0.39 is 0 Å². The Bertz CT molecular complexity index is 143. The first kappa shape index (κ1) is 21.0. The lowest BCUT2D eigenvalue weighted by molar-refractivity contribution is 0.541. The molecule has 21 heavy (non-hydrogen) atoms. The Morgan fingerprint density at radius 1 is 0.381 bits per heavy atom. The third-order valence-corrected chi connectivity index (χ3v) is 4.52. The third-order valence-electron chi connectivity index (χ3n) is 4.52. The van der Waals surface area contributed by atoms with E-state index >= 15 is 0 Å². The fourth-order valence-corrected chi connectivity index (χ4v) is 2.99. The molecule has 0 aliphatic rings. The Morgan fingerprint density at radius 3 is 1.05 bits per heavy atom. The molecule has 0 amide bonds. The molecule has 0 spiro atoms. The van der Waals surface area contributed by atoms with Gasteiger partial charge in [-0.05, 0) is 6.42 Å². The second kappa shape index (κ2) is 20.0. The van der Waals surface area contributed by atoms with Gasteiger partial charge in [0.15, 0.2) is 0 Å². The topological polar surface area (TPSA) is 0 Å². The van der Waals surface area contributed by atoms with Crippen LogP contribution in [0.4, 0.5) is 0 Å². The summed E-state index contributed by atoms with van der Waals surface area (Å²) in [5.41, 5.74) is 0. The summed E-state index contributed by atoms with van der Waals surface area (Å²) >= 11 is 0. The minimum Gasteiger partial charge on any atom is -0.0654 e. The van der Waals surface area contributed by atoms with Crippen LogP contribution in [0.5, 0.6) is 0 Å². The van der Waals surface area contributed by atoms with Crippen molar-refractivity contribution in [3.05, 3.63) is 6.42 Å². The predicted molar refractivity (Wildman–Crippen MR) is 98.8 cm³/mol. The van der Waals surface area contributed by atoms with Gasteiger partial charge in [-0.25, -0.2) is 0 Å². The molecule has 0 heteroatoms. The molecule has 0 rings (SSSR count). The third kappa shape index (κ3) is 20.0. The Morgan fingerprint density at radius 2 is 0.667 bits per heavy atom. The van der Waals surface area contributed by atoms with Crippen molar-refractivity contribution in [2.45, 2.75) is 129 Å². The van der Waals surface area contributed by atoms with Gasteiger partial charge in [-0.1, -0.05) is 129 Å². The summed E-state index contributed by atoms with van der Waals surface area (Å²) in [6.07, 6.45) is 28.4. The maximum atomic E-state index is 2.53. The van der Waals surface area contributed by atoms with Gasteiger partial charge in [-0.15, -0.1) is 0 Å². The van der Waals surface area contributed by atoms with E-state index in [0.717, 1.165) is 0 Å². The van der Waals surface area contributed by atoms with Crippen molar-refractivity contribution in [3.8, 4) is 0 Å². The van der Waals surface area contributed by atoms with Gasteiger partial charge in [0, 0.05) is 0 Å². The first-order valence-electron chi connectivity index (χ1n) is 10.2. The zero-order valence-electron chi connectivity index (χ0n) is 15.3. The zero-order valence-corrected chi connectivity index (χ0v) is 15.3. The molecule has 0 aliphatic carbocycles. The number of hydrogen-bond donors (Lipinski definition) is 0. The Kier molecular flexibility index (Phi) is 20.0. The lowest BCUT2D eigenvalue weighted by Gasteiger charge is -2.03. The molecule has 0 fully saturated rings. The Labute approximate surface area is 136 Å². The molecular weight excluding hydrogens is 252 g/mol. The Balaban J connectivity index is 2.90. The lowest BCUT2D eigenvalue weighted by atomic mass is 10.0. The average Bonchev–Trinajstić information content (AvgIpc) is 2.50. The van der Waals surface area contributed by atoms with E-state index in [9.17, 15) is 0 Å². The highest BCUT2D eigenvalue weighted by Gasteiger charge is 1.94. The van der Waals surface area contributed by atoms with Gasteiger partial charge >= 0.3 is 0 Å². The van der Waals surface area contributed by atoms with Gasteiger partial charge in [0.25, 0.3) is 0 Å². The van der Waals surface area contributed by atoms with E-state index in [0.29, 0.717) is 0 Å². The van der Waals surface area contributed by atoms with E-state index in [-0.39, 0.29) is 0 Å². The van der Waals surface area contributed by atoms with Gasteiger partial charge in [0.1, 0.15) is 0 Å². The molecule has 0 aliphatic heterocycles. The van der Waals surface area contributed by atoms with Gasteiger partial charge in [0.2, 0.25) is 0 Å². The monoisotopic (exact) mass is 295 g/mol. The highest BCUT2D eigenvalue weighted by Crippen LogP contribution is 2.14. The summed E-state index contributed by atoms with van der Waals surface area (Å²) in [7, 11) is 0. The standard InChI is InChI=1S/C21H43/c1-3-5-7-9-11-13-15-17-19-21-20-18-16-14-12-10-8-6-4-2/h13H,3-12,14-21H2,1-2H3. The quantitative estimate of drug-likeness (QED) is 0.223. The number of hydrogen-bond acceptors (Lipinski definition) is 0. The molecule has 0 aromatic heterocycles. The largest absolute Gasteiger partial charge is 0.0654 e. The van der Waals surface area contributed by atoms with Crippen LogP contribution in [-0.4, -0.2) is 0 Å². The summed E-state index contributed by atoms with van der Waals surface area (Å²) in [5.74, 6) is 0. The van der Waals surface area contributed by atoms with Crippen molar-refractivity contribution in [3.63, 3.8) is 0 Å². The molecule has 127 valence electrons. The van der Waals surface area contributed by atoms with Crippen LogP contribution in [0.25, 0.3) is 0 Å². The van der Waals surface area contributed by atoms with E-state index in [1.807, 2.05) is 0 Å². The van der Waals surface area contributed by atoms with Gasteiger partial charge < -0.3 is 0 Å². The molecule has 1 radical (unpaired) electrons. The van der Waals surface area contributed by atoms with Crippen molar-refractivity contribution in [2.75, 3.05) is 0 Å². The number of rotatable bonds is 18. The average molecular weight is 296 g/mol. The van der Waals surface area contributed by atoms with E-state index in [1.54, 1.807) is 0 Å². The highest BCUT2D eigenvalue weighted by atomic mass is 14.0. The SMILES string of the molecule is CCCCCC[CH]CCCCCCCCCCCCCC. The van der Waals surface area contributed by atoms with Gasteiger partial charge in [0.05, 0.1) is 0 Å². The van der Waals surface area contributed by atoms with Crippen LogP contribution in [0.2, 0.25) is 0 Å². The van der Waals surface area contributed by atoms with E-state index in [1.165, 1.54) is 116 Å². The van der Waals surface area contributed by atoms with Crippen molar-refractivity contribution in [1.29, 1.82) is 0 Å². The number of unbranched alkanes of at least 4 members (excludes halogenated alkanes) is 18. The van der Waals surface area contributed by atoms with Crippen LogP contribution in [-0.2, 0) is 0 Å². The van der Waals surface area contributed by atoms with Crippen LogP contribution in [0.3, 0.4) is 0 Å². The molecule has 0 saturated carbocycles. The van der Waals surface area contributed by atoms with Crippen molar-refractivity contribution >= 4 is 0 Å². The first-order valence-corrected chi connectivity index (χ1v) is 10.2.